The van der Waals surface area contributed by atoms with Crippen molar-refractivity contribution in [3.8, 4) is 0 Å². The van der Waals surface area contributed by atoms with Crippen LogP contribution >= 0.6 is 11.3 Å². The number of thiazole rings is 1. The van der Waals surface area contributed by atoms with Gasteiger partial charge >= 0.3 is 0 Å². The summed E-state index contributed by atoms with van der Waals surface area (Å²) in [5.41, 5.74) is 7.51. The van der Waals surface area contributed by atoms with Crippen molar-refractivity contribution in [2.75, 3.05) is 5.73 Å². The normalized spacial score (nSPS) is 10.9. The fraction of sp³-hybridized carbons (Fsp3) is 0. The van der Waals surface area contributed by atoms with Crippen molar-refractivity contribution in [2.24, 2.45) is 0 Å². The molecule has 0 amide bonds. The van der Waals surface area contributed by atoms with Crippen LogP contribution in [-0.2, 0) is 0 Å². The molecule has 2 aromatic rings. The summed E-state index contributed by atoms with van der Waals surface area (Å²) in [6.07, 6.45) is 7.43. The van der Waals surface area contributed by atoms with Gasteiger partial charge in [0.05, 0.1) is 5.69 Å². The van der Waals surface area contributed by atoms with Crippen LogP contribution in [0, 0.1) is 0 Å². The lowest BCUT2D eigenvalue weighted by Crippen LogP contribution is -1.81. The molecule has 0 aliphatic carbocycles. The molecular weight excluding hydrogens is 194 g/mol. The summed E-state index contributed by atoms with van der Waals surface area (Å²) in [7, 11) is 0. The molecular formula is C10H9N3S. The van der Waals surface area contributed by atoms with Gasteiger partial charge in [0.2, 0.25) is 0 Å². The van der Waals surface area contributed by atoms with E-state index in [4.69, 9.17) is 5.73 Å². The smallest absolute Gasteiger partial charge is 0.180 e. The summed E-state index contributed by atoms with van der Waals surface area (Å²) in [5.74, 6) is 0. The molecule has 70 valence electrons. The van der Waals surface area contributed by atoms with E-state index in [0.29, 0.717) is 5.13 Å². The molecule has 0 fully saturated rings. The molecule has 0 spiro atoms. The highest BCUT2D eigenvalue weighted by atomic mass is 32.1. The maximum atomic E-state index is 5.51. The van der Waals surface area contributed by atoms with E-state index >= 15 is 0 Å². The Balaban J connectivity index is 2.15. The Kier molecular flexibility index (Phi) is 2.55. The van der Waals surface area contributed by atoms with Gasteiger partial charge in [-0.25, -0.2) is 4.98 Å². The number of nitrogens with two attached hydrogens (primary N) is 1. The summed E-state index contributed by atoms with van der Waals surface area (Å²) in [5, 5.41) is 2.52. The Morgan fingerprint density at radius 1 is 1.21 bits per heavy atom. The topological polar surface area (TPSA) is 51.8 Å². The fourth-order valence-corrected chi connectivity index (χ4v) is 1.56. The third-order valence-corrected chi connectivity index (χ3v) is 2.38. The molecule has 2 aromatic heterocycles. The molecule has 2 N–H and O–H groups in total. The minimum atomic E-state index is 0.597. The van der Waals surface area contributed by atoms with Crippen LogP contribution in [0.4, 0.5) is 5.13 Å². The molecule has 0 aliphatic rings. The molecule has 0 saturated carbocycles. The van der Waals surface area contributed by atoms with Gasteiger partial charge in [0, 0.05) is 17.8 Å². The van der Waals surface area contributed by atoms with Crippen LogP contribution in [0.2, 0.25) is 0 Å². The average molecular weight is 203 g/mol. The number of anilines is 1. The van der Waals surface area contributed by atoms with Crippen molar-refractivity contribution in [3.05, 3.63) is 41.2 Å². The van der Waals surface area contributed by atoms with Gasteiger partial charge in [0.25, 0.3) is 0 Å². The Bertz CT molecular complexity index is 434. The number of rotatable bonds is 2. The van der Waals surface area contributed by atoms with Crippen molar-refractivity contribution in [1.82, 2.24) is 9.97 Å². The first-order valence-corrected chi connectivity index (χ1v) is 5.02. The maximum absolute atomic E-state index is 5.51. The van der Waals surface area contributed by atoms with E-state index in [2.05, 4.69) is 9.97 Å². The predicted molar refractivity (Wildman–Crippen MR) is 59.7 cm³/mol. The first-order chi connectivity index (χ1) is 6.84. The highest BCUT2D eigenvalue weighted by Crippen LogP contribution is 2.13. The molecule has 2 heterocycles. The van der Waals surface area contributed by atoms with Crippen molar-refractivity contribution >= 4 is 28.6 Å². The number of hydrogen-bond donors (Lipinski definition) is 1. The van der Waals surface area contributed by atoms with Crippen LogP contribution in [0.1, 0.15) is 11.3 Å². The Labute approximate surface area is 85.9 Å². The SMILES string of the molecule is Nc1nc(C=Cc2ccncc2)cs1. The van der Waals surface area contributed by atoms with Crippen LogP contribution in [-0.4, -0.2) is 9.97 Å². The van der Waals surface area contributed by atoms with E-state index in [-0.39, 0.29) is 0 Å². The summed E-state index contributed by atoms with van der Waals surface area (Å²) in [6, 6.07) is 3.87. The Morgan fingerprint density at radius 2 is 2.00 bits per heavy atom. The number of nitrogens with zero attached hydrogens (tertiary/aromatic N) is 2. The molecule has 3 nitrogen and oxygen atoms in total. The third kappa shape index (κ3) is 2.17. The van der Waals surface area contributed by atoms with E-state index in [1.165, 1.54) is 11.3 Å². The summed E-state index contributed by atoms with van der Waals surface area (Å²) in [4.78, 5) is 8.06. The standard InChI is InChI=1S/C10H9N3S/c11-10-13-9(7-14-10)2-1-8-3-5-12-6-4-8/h1-7H,(H2,11,13). The molecule has 0 radical (unpaired) electrons. The summed E-state index contributed by atoms with van der Waals surface area (Å²) < 4.78 is 0. The molecule has 0 unspecified atom stereocenters. The second kappa shape index (κ2) is 4.02. The monoisotopic (exact) mass is 203 g/mol. The van der Waals surface area contributed by atoms with Gasteiger partial charge in [-0.1, -0.05) is 6.08 Å². The van der Waals surface area contributed by atoms with Crippen LogP contribution in [0.25, 0.3) is 12.2 Å². The van der Waals surface area contributed by atoms with Crippen molar-refractivity contribution in [2.45, 2.75) is 0 Å². The largest absolute Gasteiger partial charge is 0.375 e. The quantitative estimate of drug-likeness (QED) is 0.814. The van der Waals surface area contributed by atoms with Crippen LogP contribution < -0.4 is 5.73 Å². The maximum Gasteiger partial charge on any atom is 0.180 e. The molecule has 0 aromatic carbocycles. The lowest BCUT2D eigenvalue weighted by atomic mass is 10.2. The number of hydrogen-bond acceptors (Lipinski definition) is 4. The second-order valence-corrected chi connectivity index (χ2v) is 3.61. The summed E-state index contributed by atoms with van der Waals surface area (Å²) >= 11 is 1.44. The zero-order valence-electron chi connectivity index (χ0n) is 7.42. The van der Waals surface area contributed by atoms with Gasteiger partial charge in [-0.15, -0.1) is 11.3 Å². The van der Waals surface area contributed by atoms with Gasteiger partial charge < -0.3 is 5.73 Å². The average Bonchev–Trinajstić information content (AvgIpc) is 2.63. The fourth-order valence-electron chi connectivity index (χ4n) is 1.03. The molecule has 0 atom stereocenters. The van der Waals surface area contributed by atoms with E-state index < -0.39 is 0 Å². The lowest BCUT2D eigenvalue weighted by molar-refractivity contribution is 1.32. The van der Waals surface area contributed by atoms with Crippen molar-refractivity contribution in [3.63, 3.8) is 0 Å². The van der Waals surface area contributed by atoms with Crippen LogP contribution in [0.3, 0.4) is 0 Å². The molecule has 4 heteroatoms. The van der Waals surface area contributed by atoms with Gasteiger partial charge in [0.15, 0.2) is 5.13 Å². The van der Waals surface area contributed by atoms with Crippen molar-refractivity contribution in [1.29, 1.82) is 0 Å². The molecule has 0 saturated heterocycles. The first-order valence-electron chi connectivity index (χ1n) is 4.14. The Morgan fingerprint density at radius 3 is 2.64 bits per heavy atom. The minimum absolute atomic E-state index is 0.597. The van der Waals surface area contributed by atoms with E-state index in [0.717, 1.165) is 11.3 Å². The number of pyridine rings is 1. The number of nitrogen functional groups attached to an aromatic ring is 1. The van der Waals surface area contributed by atoms with Crippen LogP contribution in [0.15, 0.2) is 29.9 Å². The zero-order valence-corrected chi connectivity index (χ0v) is 8.24. The lowest BCUT2D eigenvalue weighted by Gasteiger charge is -1.88. The van der Waals surface area contributed by atoms with Gasteiger partial charge in [-0.3, -0.25) is 4.98 Å². The zero-order chi connectivity index (χ0) is 9.80. The molecule has 0 aliphatic heterocycles. The first kappa shape index (κ1) is 8.90. The predicted octanol–water partition coefficient (Wildman–Crippen LogP) is 2.29. The van der Waals surface area contributed by atoms with Crippen LogP contribution in [0.5, 0.6) is 0 Å². The second-order valence-electron chi connectivity index (χ2n) is 2.72. The molecule has 0 bridgehead atoms. The highest BCUT2D eigenvalue weighted by molar-refractivity contribution is 7.13. The Hall–Kier alpha value is -1.68. The molecule has 2 rings (SSSR count). The highest BCUT2D eigenvalue weighted by Gasteiger charge is 1.92. The van der Waals surface area contributed by atoms with Gasteiger partial charge in [-0.2, -0.15) is 0 Å². The van der Waals surface area contributed by atoms with E-state index in [1.807, 2.05) is 29.7 Å². The van der Waals surface area contributed by atoms with Gasteiger partial charge in [-0.05, 0) is 23.8 Å². The van der Waals surface area contributed by atoms with Gasteiger partial charge in [0.1, 0.15) is 0 Å². The molecule has 14 heavy (non-hydrogen) atoms. The third-order valence-electron chi connectivity index (χ3n) is 1.69. The summed E-state index contributed by atoms with van der Waals surface area (Å²) in [6.45, 7) is 0. The van der Waals surface area contributed by atoms with E-state index in [1.54, 1.807) is 12.4 Å². The van der Waals surface area contributed by atoms with Crippen molar-refractivity contribution < 1.29 is 0 Å². The number of aromatic nitrogens is 2. The van der Waals surface area contributed by atoms with E-state index in [9.17, 15) is 0 Å². The minimum Gasteiger partial charge on any atom is -0.375 e.